The molecule has 3 heterocycles. The van der Waals surface area contributed by atoms with Crippen LogP contribution in [-0.4, -0.2) is 33.9 Å². The zero-order valence-electron chi connectivity index (χ0n) is 10.5. The summed E-state index contributed by atoms with van der Waals surface area (Å²) >= 11 is 0. The van der Waals surface area contributed by atoms with Crippen molar-refractivity contribution < 1.29 is 4.79 Å². The molecule has 0 aliphatic carbocycles. The zero-order chi connectivity index (χ0) is 13.2. The van der Waals surface area contributed by atoms with Crippen molar-refractivity contribution in [1.29, 1.82) is 0 Å². The third-order valence-electron chi connectivity index (χ3n) is 3.54. The van der Waals surface area contributed by atoms with Crippen molar-refractivity contribution >= 4 is 22.6 Å². The van der Waals surface area contributed by atoms with Crippen molar-refractivity contribution in [1.82, 2.24) is 14.9 Å². The van der Waals surface area contributed by atoms with Crippen LogP contribution in [0.5, 0.6) is 0 Å². The number of amides is 1. The third-order valence-corrected chi connectivity index (χ3v) is 3.54. The number of aromatic nitrogens is 2. The molecule has 1 fully saturated rings. The van der Waals surface area contributed by atoms with Crippen LogP contribution in [0.25, 0.3) is 15.9 Å². The highest BCUT2D eigenvalue weighted by Gasteiger charge is 2.22. The van der Waals surface area contributed by atoms with Gasteiger partial charge in [-0.05, 0) is 25.3 Å². The smallest absolute Gasteiger partial charge is 0.244 e. The lowest BCUT2D eigenvalue weighted by Crippen LogP contribution is -2.35. The van der Waals surface area contributed by atoms with Crippen LogP contribution in [0.15, 0.2) is 18.5 Å². The lowest BCUT2D eigenvalue weighted by atomic mass is 10.1. The van der Waals surface area contributed by atoms with Crippen molar-refractivity contribution in [2.45, 2.75) is 19.3 Å². The van der Waals surface area contributed by atoms with Gasteiger partial charge in [-0.3, -0.25) is 4.79 Å². The number of carbonyl (C=O) groups is 1. The topological polar surface area (TPSA) is 53.4 Å². The van der Waals surface area contributed by atoms with E-state index in [2.05, 4.69) is 14.8 Å². The molecular weight excluding hydrogens is 240 g/mol. The summed E-state index contributed by atoms with van der Waals surface area (Å²) in [5.41, 5.74) is 1.48. The van der Waals surface area contributed by atoms with Gasteiger partial charge in [-0.1, -0.05) is 0 Å². The van der Waals surface area contributed by atoms with Gasteiger partial charge in [-0.2, -0.15) is 0 Å². The molecule has 0 atom stereocenters. The van der Waals surface area contributed by atoms with E-state index in [9.17, 15) is 4.79 Å². The van der Waals surface area contributed by atoms with Crippen molar-refractivity contribution in [3.63, 3.8) is 0 Å². The van der Waals surface area contributed by atoms with Crippen LogP contribution in [0.2, 0.25) is 0 Å². The van der Waals surface area contributed by atoms with Gasteiger partial charge < -0.3 is 9.88 Å². The number of piperidine rings is 1. The van der Waals surface area contributed by atoms with Gasteiger partial charge in [0.05, 0.1) is 12.1 Å². The van der Waals surface area contributed by atoms with E-state index in [1.54, 1.807) is 12.3 Å². The Kier molecular flexibility index (Phi) is 2.92. The first kappa shape index (κ1) is 11.7. The maximum atomic E-state index is 12.5. The lowest BCUT2D eigenvalue weighted by Gasteiger charge is -2.27. The molecule has 0 spiro atoms. The predicted octanol–water partition coefficient (Wildman–Crippen LogP) is 2.74. The van der Waals surface area contributed by atoms with E-state index in [0.29, 0.717) is 16.9 Å². The zero-order valence-corrected chi connectivity index (χ0v) is 10.5. The van der Waals surface area contributed by atoms with Crippen molar-refractivity contribution in [2.75, 3.05) is 13.1 Å². The Labute approximate surface area is 111 Å². The molecule has 2 aromatic rings. The van der Waals surface area contributed by atoms with Crippen LogP contribution < -0.4 is 0 Å². The van der Waals surface area contributed by atoms with E-state index >= 15 is 0 Å². The minimum atomic E-state index is -0.0682. The molecule has 2 aromatic heterocycles. The van der Waals surface area contributed by atoms with Crippen LogP contribution in [-0.2, 0) is 0 Å². The number of likely N-dealkylation sites (tertiary alicyclic amines) is 1. The summed E-state index contributed by atoms with van der Waals surface area (Å²) in [7, 11) is 0. The van der Waals surface area contributed by atoms with Gasteiger partial charge in [0, 0.05) is 30.9 Å². The van der Waals surface area contributed by atoms with Crippen LogP contribution in [0.1, 0.15) is 29.6 Å². The highest BCUT2D eigenvalue weighted by Crippen LogP contribution is 2.29. The molecule has 96 valence electrons. The summed E-state index contributed by atoms with van der Waals surface area (Å²) < 4.78 is 0. The van der Waals surface area contributed by atoms with Crippen molar-refractivity contribution in [3.8, 4) is 0 Å². The average Bonchev–Trinajstić information content (AvgIpc) is 2.94. The minimum Gasteiger partial charge on any atom is -0.347 e. The number of H-pyrrole nitrogens is 1. The Morgan fingerprint density at radius 3 is 2.89 bits per heavy atom. The number of aromatic amines is 1. The number of hydrogen-bond acceptors (Lipinski definition) is 2. The van der Waals surface area contributed by atoms with Crippen molar-refractivity contribution in [3.05, 3.63) is 35.4 Å². The average molecular weight is 254 g/mol. The van der Waals surface area contributed by atoms with Gasteiger partial charge in [0.2, 0.25) is 11.6 Å². The number of carbonyl (C=O) groups excluding carboxylic acids is 1. The highest BCUT2D eigenvalue weighted by atomic mass is 16.2. The molecule has 1 N–H and O–H groups in total. The van der Waals surface area contributed by atoms with Gasteiger partial charge in [0.15, 0.2) is 0 Å². The first-order valence-electron chi connectivity index (χ1n) is 6.44. The molecule has 3 rings (SSSR count). The van der Waals surface area contributed by atoms with Gasteiger partial charge >= 0.3 is 0 Å². The Hall–Kier alpha value is -2.35. The number of nitrogens with one attached hydrogen (secondary N) is 1. The Balaban J connectivity index is 2.04. The molecule has 5 nitrogen and oxygen atoms in total. The van der Waals surface area contributed by atoms with Crippen LogP contribution >= 0.6 is 0 Å². The van der Waals surface area contributed by atoms with Gasteiger partial charge in [0.1, 0.15) is 5.65 Å². The first-order chi connectivity index (χ1) is 9.31. The van der Waals surface area contributed by atoms with E-state index in [4.69, 9.17) is 6.57 Å². The molecule has 5 heteroatoms. The predicted molar refractivity (Wildman–Crippen MR) is 72.1 cm³/mol. The summed E-state index contributed by atoms with van der Waals surface area (Å²) in [6, 6.07) is 1.79. The largest absolute Gasteiger partial charge is 0.347 e. The summed E-state index contributed by atoms with van der Waals surface area (Å²) in [6.07, 6.45) is 6.51. The molecule has 0 radical (unpaired) electrons. The standard InChI is InChI=1S/C14H14N4O/c1-15-12-10-5-6-16-13(10)17-9-11(12)14(19)18-7-3-2-4-8-18/h5-6,9H,2-4,7-8H2,(H,16,17). The number of rotatable bonds is 1. The summed E-state index contributed by atoms with van der Waals surface area (Å²) in [5.74, 6) is -0.0682. The molecule has 0 saturated carbocycles. The second-order valence-electron chi connectivity index (χ2n) is 4.73. The summed E-state index contributed by atoms with van der Waals surface area (Å²) in [5, 5.41) is 0.720. The van der Waals surface area contributed by atoms with Crippen LogP contribution in [0.3, 0.4) is 0 Å². The first-order valence-corrected chi connectivity index (χ1v) is 6.44. The normalized spacial score (nSPS) is 15.4. The molecule has 1 saturated heterocycles. The highest BCUT2D eigenvalue weighted by molar-refractivity contribution is 6.06. The van der Waals surface area contributed by atoms with E-state index < -0.39 is 0 Å². The monoisotopic (exact) mass is 254 g/mol. The van der Waals surface area contributed by atoms with Crippen LogP contribution in [0, 0.1) is 6.57 Å². The quantitative estimate of drug-likeness (QED) is 0.795. The number of nitrogens with zero attached hydrogens (tertiary/aromatic N) is 3. The second-order valence-corrected chi connectivity index (χ2v) is 4.73. The van der Waals surface area contributed by atoms with E-state index in [0.717, 1.165) is 31.3 Å². The molecule has 1 aliphatic rings. The third kappa shape index (κ3) is 1.95. The molecule has 1 aliphatic heterocycles. The molecular formula is C14H14N4O. The second kappa shape index (κ2) is 4.73. The molecule has 19 heavy (non-hydrogen) atoms. The fourth-order valence-corrected chi connectivity index (χ4v) is 2.54. The fourth-order valence-electron chi connectivity index (χ4n) is 2.54. The van der Waals surface area contributed by atoms with Gasteiger partial charge in [-0.25, -0.2) is 9.83 Å². The van der Waals surface area contributed by atoms with E-state index in [1.165, 1.54) is 12.6 Å². The van der Waals surface area contributed by atoms with Gasteiger partial charge in [0.25, 0.3) is 0 Å². The van der Waals surface area contributed by atoms with Crippen molar-refractivity contribution in [2.24, 2.45) is 0 Å². The number of pyridine rings is 1. The minimum absolute atomic E-state index is 0.0682. The summed E-state index contributed by atoms with van der Waals surface area (Å²) in [4.78, 5) is 25.0. The van der Waals surface area contributed by atoms with E-state index in [-0.39, 0.29) is 5.91 Å². The molecule has 0 aromatic carbocycles. The Morgan fingerprint density at radius 1 is 1.37 bits per heavy atom. The lowest BCUT2D eigenvalue weighted by molar-refractivity contribution is 0.0725. The molecule has 1 amide bonds. The fraction of sp³-hybridized carbons (Fsp3) is 0.357. The number of hydrogen-bond donors (Lipinski definition) is 1. The SMILES string of the molecule is [C-]#[N+]c1c(C(=O)N2CCCCC2)cnc2[nH]ccc12. The number of fused-ring (bicyclic) bond motifs is 1. The molecule has 0 unspecified atom stereocenters. The summed E-state index contributed by atoms with van der Waals surface area (Å²) in [6.45, 7) is 8.88. The molecule has 0 bridgehead atoms. The maximum absolute atomic E-state index is 12.5. The van der Waals surface area contributed by atoms with Crippen LogP contribution in [0.4, 0.5) is 5.69 Å². The maximum Gasteiger partial charge on any atom is 0.244 e. The Bertz CT molecular complexity index is 662. The van der Waals surface area contributed by atoms with E-state index in [1.807, 2.05) is 4.90 Å². The van der Waals surface area contributed by atoms with Gasteiger partial charge in [-0.15, -0.1) is 0 Å². The Morgan fingerprint density at radius 2 is 2.16 bits per heavy atom.